The third-order valence-corrected chi connectivity index (χ3v) is 6.64. The molecule has 2 rings (SSSR count). The van der Waals surface area contributed by atoms with Crippen molar-refractivity contribution in [1.82, 2.24) is 5.32 Å². The fourth-order valence-electron chi connectivity index (χ4n) is 1.70. The third kappa shape index (κ3) is 6.66. The molecule has 0 aliphatic carbocycles. The van der Waals surface area contributed by atoms with E-state index in [1.54, 1.807) is 6.92 Å². The first-order chi connectivity index (χ1) is 9.60. The molecule has 0 radical (unpaired) electrons. The Kier molecular flexibility index (Phi) is 6.69. The Morgan fingerprint density at radius 2 is 1.62 bits per heavy atom. The topological polar surface area (TPSA) is 55.1 Å². The van der Waals surface area contributed by atoms with E-state index in [-0.39, 0.29) is 11.3 Å². The maximum atomic E-state index is 11.2. The Morgan fingerprint density at radius 3 is 1.90 bits per heavy atom. The van der Waals surface area contributed by atoms with Gasteiger partial charge < -0.3 is 11.1 Å². The van der Waals surface area contributed by atoms with E-state index in [4.69, 9.17) is 5.73 Å². The van der Waals surface area contributed by atoms with Crippen LogP contribution in [0.15, 0.2) is 12.2 Å². The highest BCUT2D eigenvalue weighted by Crippen LogP contribution is 2.44. The summed E-state index contributed by atoms with van der Waals surface area (Å²) in [7, 11) is 0. The molecule has 0 spiro atoms. The number of rotatable bonds is 6. The number of nitrogens with one attached hydrogen (secondary N) is 1. The maximum absolute atomic E-state index is 11.2. The quantitative estimate of drug-likeness (QED) is 0.581. The molecule has 2 aliphatic rings. The Bertz CT molecular complexity index is 386. The van der Waals surface area contributed by atoms with Crippen molar-refractivity contribution in [3.05, 3.63) is 12.2 Å². The molecule has 0 bridgehead atoms. The van der Waals surface area contributed by atoms with Crippen LogP contribution in [-0.2, 0) is 4.79 Å². The van der Waals surface area contributed by atoms with Crippen LogP contribution in [0, 0.1) is 10.8 Å². The van der Waals surface area contributed by atoms with Crippen LogP contribution in [-0.4, -0.2) is 41.0 Å². The lowest BCUT2D eigenvalue weighted by Gasteiger charge is -2.23. The summed E-state index contributed by atoms with van der Waals surface area (Å²) in [6.07, 6.45) is 0. The molecule has 0 saturated carbocycles. The first-order valence-corrected chi connectivity index (χ1v) is 9.57. The molecule has 2 atom stereocenters. The lowest BCUT2D eigenvalue weighted by Crippen LogP contribution is -2.36. The molecule has 2 saturated heterocycles. The van der Waals surface area contributed by atoms with Crippen molar-refractivity contribution < 1.29 is 4.79 Å². The highest BCUT2D eigenvalue weighted by Gasteiger charge is 2.39. The van der Waals surface area contributed by atoms with Crippen molar-refractivity contribution in [3.8, 4) is 0 Å². The first-order valence-electron chi connectivity index (χ1n) is 7.47. The van der Waals surface area contributed by atoms with Crippen LogP contribution in [0.25, 0.3) is 0 Å². The first kappa shape index (κ1) is 18.9. The molecule has 2 aliphatic heterocycles. The van der Waals surface area contributed by atoms with Gasteiger partial charge in [0.05, 0.1) is 0 Å². The van der Waals surface area contributed by atoms with Crippen molar-refractivity contribution >= 4 is 29.4 Å². The number of hydrogen-bond acceptors (Lipinski definition) is 4. The Labute approximate surface area is 138 Å². The van der Waals surface area contributed by atoms with Gasteiger partial charge in [-0.25, -0.2) is 0 Å². The van der Waals surface area contributed by atoms with Crippen molar-refractivity contribution in [3.63, 3.8) is 0 Å². The molecular formula is C16H30N2OS2. The summed E-state index contributed by atoms with van der Waals surface area (Å²) in [6, 6.07) is 0. The van der Waals surface area contributed by atoms with E-state index in [2.05, 4.69) is 39.6 Å². The van der Waals surface area contributed by atoms with Crippen LogP contribution < -0.4 is 11.1 Å². The third-order valence-electron chi connectivity index (χ3n) is 4.03. The van der Waals surface area contributed by atoms with E-state index in [0.717, 1.165) is 23.6 Å². The molecule has 0 aromatic carbocycles. The summed E-state index contributed by atoms with van der Waals surface area (Å²) in [5.74, 6) is 2.53. The van der Waals surface area contributed by atoms with E-state index in [0.29, 0.717) is 11.0 Å². The Hall–Kier alpha value is -0.130. The average Bonchev–Trinajstić information content (AvgIpc) is 3.27. The van der Waals surface area contributed by atoms with Gasteiger partial charge in [-0.2, -0.15) is 23.5 Å². The Balaban J connectivity index is 0.000000235. The summed E-state index contributed by atoms with van der Waals surface area (Å²) < 4.78 is 0. The van der Waals surface area contributed by atoms with Crippen LogP contribution in [0.5, 0.6) is 0 Å². The van der Waals surface area contributed by atoms with Gasteiger partial charge in [0.2, 0.25) is 5.91 Å². The van der Waals surface area contributed by atoms with Gasteiger partial charge in [-0.15, -0.1) is 0 Å². The minimum absolute atomic E-state index is 0.0290. The van der Waals surface area contributed by atoms with Gasteiger partial charge in [-0.1, -0.05) is 34.3 Å². The molecule has 2 fully saturated rings. The van der Waals surface area contributed by atoms with E-state index < -0.39 is 0 Å². The highest BCUT2D eigenvalue weighted by molar-refractivity contribution is 8.07. The number of hydrogen-bond donors (Lipinski definition) is 2. The second-order valence-corrected chi connectivity index (χ2v) is 9.76. The molecule has 2 heterocycles. The van der Waals surface area contributed by atoms with Crippen molar-refractivity contribution in [2.45, 2.75) is 45.1 Å². The SMILES string of the molecule is C=C(C)C(=O)NCC(C)(C)C1CS1.CC(C)(CN)C1CS1. The zero-order valence-corrected chi connectivity index (χ0v) is 15.6. The number of amides is 1. The van der Waals surface area contributed by atoms with Gasteiger partial charge in [0.15, 0.2) is 0 Å². The normalized spacial score (nSPS) is 23.7. The van der Waals surface area contributed by atoms with Gasteiger partial charge in [0, 0.05) is 34.1 Å². The predicted octanol–water partition coefficient (Wildman–Crippen LogP) is 2.91. The van der Waals surface area contributed by atoms with Gasteiger partial charge in [-0.3, -0.25) is 4.79 Å². The van der Waals surface area contributed by atoms with Crippen molar-refractivity contribution in [2.75, 3.05) is 24.6 Å². The molecule has 122 valence electrons. The molecular weight excluding hydrogens is 300 g/mol. The monoisotopic (exact) mass is 330 g/mol. The smallest absolute Gasteiger partial charge is 0.246 e. The zero-order chi connectivity index (χ0) is 16.3. The van der Waals surface area contributed by atoms with Crippen LogP contribution in [0.3, 0.4) is 0 Å². The molecule has 3 nitrogen and oxygen atoms in total. The number of carbonyl (C=O) groups is 1. The predicted molar refractivity (Wildman–Crippen MR) is 96.9 cm³/mol. The average molecular weight is 331 g/mol. The summed E-state index contributed by atoms with van der Waals surface area (Å²) in [6.45, 7) is 15.7. The second kappa shape index (κ2) is 7.42. The molecule has 1 amide bonds. The summed E-state index contributed by atoms with van der Waals surface area (Å²) >= 11 is 3.98. The van der Waals surface area contributed by atoms with Crippen molar-refractivity contribution in [1.29, 1.82) is 0 Å². The second-order valence-electron chi connectivity index (χ2n) is 7.29. The molecule has 5 heteroatoms. The minimum Gasteiger partial charge on any atom is -0.352 e. The highest BCUT2D eigenvalue weighted by atomic mass is 32.2. The molecule has 3 N–H and O–H groups in total. The summed E-state index contributed by atoms with van der Waals surface area (Å²) in [4.78, 5) is 11.2. The van der Waals surface area contributed by atoms with Gasteiger partial charge >= 0.3 is 0 Å². The van der Waals surface area contributed by atoms with Gasteiger partial charge in [0.1, 0.15) is 0 Å². The van der Waals surface area contributed by atoms with Crippen LogP contribution in [0.1, 0.15) is 34.6 Å². The standard InChI is InChI=1S/C10H17NOS.C6H13NS/c1-7(2)9(12)11-6-10(3,4)8-5-13-8;1-6(2,4-7)5-3-8-5/h8H,1,5-6H2,2-4H3,(H,11,12);5H,3-4,7H2,1-2H3. The maximum Gasteiger partial charge on any atom is 0.246 e. The fourth-order valence-corrected chi connectivity index (χ4v) is 3.88. The number of nitrogens with two attached hydrogens (primary N) is 1. The summed E-state index contributed by atoms with van der Waals surface area (Å²) in [5, 5.41) is 4.47. The van der Waals surface area contributed by atoms with Crippen LogP contribution >= 0.6 is 23.5 Å². The van der Waals surface area contributed by atoms with E-state index in [1.165, 1.54) is 11.5 Å². The number of carbonyl (C=O) groups excluding carboxylic acids is 1. The van der Waals surface area contributed by atoms with E-state index >= 15 is 0 Å². The summed E-state index contributed by atoms with van der Waals surface area (Å²) in [5.41, 5.74) is 6.73. The van der Waals surface area contributed by atoms with Crippen LogP contribution in [0.4, 0.5) is 0 Å². The van der Waals surface area contributed by atoms with Gasteiger partial charge in [0.25, 0.3) is 0 Å². The lowest BCUT2D eigenvalue weighted by atomic mass is 9.90. The molecule has 2 unspecified atom stereocenters. The Morgan fingerprint density at radius 1 is 1.19 bits per heavy atom. The zero-order valence-electron chi connectivity index (χ0n) is 14.0. The van der Waals surface area contributed by atoms with Gasteiger partial charge in [-0.05, 0) is 24.3 Å². The van der Waals surface area contributed by atoms with E-state index in [9.17, 15) is 4.79 Å². The minimum atomic E-state index is -0.0290. The molecule has 21 heavy (non-hydrogen) atoms. The lowest BCUT2D eigenvalue weighted by molar-refractivity contribution is -0.117. The fraction of sp³-hybridized carbons (Fsp3) is 0.812. The molecule has 0 aromatic heterocycles. The van der Waals surface area contributed by atoms with E-state index in [1.807, 2.05) is 23.5 Å². The largest absolute Gasteiger partial charge is 0.352 e. The number of thioether (sulfide) groups is 2. The van der Waals surface area contributed by atoms with Crippen molar-refractivity contribution in [2.24, 2.45) is 16.6 Å². The molecule has 0 aromatic rings. The van der Waals surface area contributed by atoms with Crippen LogP contribution in [0.2, 0.25) is 0 Å².